The molecule has 2 amide bonds. The molecule has 0 aliphatic heterocycles. The van der Waals surface area contributed by atoms with E-state index >= 15 is 0 Å². The molecule has 18 heavy (non-hydrogen) atoms. The SMILES string of the molecule is CC(NC(=O)c1ccco1)C(=O)N(C)CCCO. The summed E-state index contributed by atoms with van der Waals surface area (Å²) in [6.07, 6.45) is 1.91. The first-order valence-electron chi connectivity index (χ1n) is 5.76. The van der Waals surface area contributed by atoms with Gasteiger partial charge in [0, 0.05) is 20.2 Å². The number of furan rings is 1. The molecule has 1 aromatic heterocycles. The summed E-state index contributed by atoms with van der Waals surface area (Å²) in [4.78, 5) is 25.0. The van der Waals surface area contributed by atoms with E-state index in [9.17, 15) is 9.59 Å². The summed E-state index contributed by atoms with van der Waals surface area (Å²) < 4.78 is 4.93. The molecular formula is C12H18N2O4. The van der Waals surface area contributed by atoms with Gasteiger partial charge < -0.3 is 19.7 Å². The van der Waals surface area contributed by atoms with Crippen molar-refractivity contribution in [2.75, 3.05) is 20.2 Å². The van der Waals surface area contributed by atoms with E-state index in [0.717, 1.165) is 0 Å². The van der Waals surface area contributed by atoms with Gasteiger partial charge in [-0.3, -0.25) is 9.59 Å². The van der Waals surface area contributed by atoms with Crippen molar-refractivity contribution in [1.29, 1.82) is 0 Å². The fourth-order valence-electron chi connectivity index (χ4n) is 1.49. The molecule has 6 nitrogen and oxygen atoms in total. The molecule has 0 saturated heterocycles. The number of aliphatic hydroxyl groups excluding tert-OH is 1. The molecule has 0 saturated carbocycles. The van der Waals surface area contributed by atoms with Crippen LogP contribution >= 0.6 is 0 Å². The molecule has 1 aromatic rings. The first-order chi connectivity index (χ1) is 8.56. The highest BCUT2D eigenvalue weighted by Gasteiger charge is 2.20. The van der Waals surface area contributed by atoms with Gasteiger partial charge in [-0.05, 0) is 25.5 Å². The molecule has 0 aliphatic carbocycles. The van der Waals surface area contributed by atoms with Crippen molar-refractivity contribution in [1.82, 2.24) is 10.2 Å². The van der Waals surface area contributed by atoms with Gasteiger partial charge in [-0.15, -0.1) is 0 Å². The van der Waals surface area contributed by atoms with E-state index < -0.39 is 11.9 Å². The summed E-state index contributed by atoms with van der Waals surface area (Å²) in [5.74, 6) is -0.451. The van der Waals surface area contributed by atoms with Crippen molar-refractivity contribution in [3.8, 4) is 0 Å². The highest BCUT2D eigenvalue weighted by atomic mass is 16.3. The number of aliphatic hydroxyl groups is 1. The van der Waals surface area contributed by atoms with E-state index in [0.29, 0.717) is 13.0 Å². The van der Waals surface area contributed by atoms with E-state index in [1.165, 1.54) is 17.2 Å². The van der Waals surface area contributed by atoms with Crippen LogP contribution in [0.1, 0.15) is 23.9 Å². The molecule has 2 N–H and O–H groups in total. The molecule has 6 heteroatoms. The third kappa shape index (κ3) is 3.89. The second-order valence-corrected chi connectivity index (χ2v) is 4.01. The Labute approximate surface area is 106 Å². The predicted molar refractivity (Wildman–Crippen MR) is 65.0 cm³/mol. The topological polar surface area (TPSA) is 82.8 Å². The Morgan fingerprint density at radius 3 is 2.83 bits per heavy atom. The largest absolute Gasteiger partial charge is 0.459 e. The highest BCUT2D eigenvalue weighted by molar-refractivity contribution is 5.95. The van der Waals surface area contributed by atoms with Gasteiger partial charge in [0.25, 0.3) is 5.91 Å². The molecule has 0 spiro atoms. The van der Waals surface area contributed by atoms with Gasteiger partial charge in [0.15, 0.2) is 5.76 Å². The average molecular weight is 254 g/mol. The van der Waals surface area contributed by atoms with Crippen LogP contribution in [0.4, 0.5) is 0 Å². The van der Waals surface area contributed by atoms with Crippen molar-refractivity contribution < 1.29 is 19.1 Å². The molecule has 1 rings (SSSR count). The van der Waals surface area contributed by atoms with Crippen molar-refractivity contribution in [2.24, 2.45) is 0 Å². The van der Waals surface area contributed by atoms with Gasteiger partial charge in [0.1, 0.15) is 6.04 Å². The Morgan fingerprint density at radius 2 is 2.28 bits per heavy atom. The highest BCUT2D eigenvalue weighted by Crippen LogP contribution is 2.01. The van der Waals surface area contributed by atoms with Crippen LogP contribution in [0.5, 0.6) is 0 Å². The van der Waals surface area contributed by atoms with Gasteiger partial charge in [-0.2, -0.15) is 0 Å². The summed E-state index contributed by atoms with van der Waals surface area (Å²) in [6, 6.07) is 2.50. The molecule has 1 heterocycles. The second-order valence-electron chi connectivity index (χ2n) is 4.01. The quantitative estimate of drug-likeness (QED) is 0.761. The minimum Gasteiger partial charge on any atom is -0.459 e. The van der Waals surface area contributed by atoms with Crippen LogP contribution in [0, 0.1) is 0 Å². The van der Waals surface area contributed by atoms with Crippen LogP contribution in [-0.4, -0.2) is 48.1 Å². The number of rotatable bonds is 6. The number of nitrogens with one attached hydrogen (secondary N) is 1. The van der Waals surface area contributed by atoms with Crippen LogP contribution in [0.15, 0.2) is 22.8 Å². The van der Waals surface area contributed by atoms with Gasteiger partial charge >= 0.3 is 0 Å². The van der Waals surface area contributed by atoms with Gasteiger partial charge in [-0.1, -0.05) is 0 Å². The molecule has 0 fully saturated rings. The van der Waals surface area contributed by atoms with E-state index in [1.807, 2.05) is 0 Å². The van der Waals surface area contributed by atoms with Crippen LogP contribution in [0.25, 0.3) is 0 Å². The summed E-state index contributed by atoms with van der Waals surface area (Å²) in [6.45, 7) is 2.10. The Kier molecular flexibility index (Phi) is 5.38. The van der Waals surface area contributed by atoms with E-state index in [-0.39, 0.29) is 18.3 Å². The van der Waals surface area contributed by atoms with E-state index in [1.54, 1.807) is 20.0 Å². The minimum atomic E-state index is -0.633. The number of likely N-dealkylation sites (N-methyl/N-ethyl adjacent to an activating group) is 1. The van der Waals surface area contributed by atoms with Gasteiger partial charge in [-0.25, -0.2) is 0 Å². The summed E-state index contributed by atoms with van der Waals surface area (Å²) in [7, 11) is 1.63. The van der Waals surface area contributed by atoms with E-state index in [2.05, 4.69) is 5.32 Å². The van der Waals surface area contributed by atoms with E-state index in [4.69, 9.17) is 9.52 Å². The maximum absolute atomic E-state index is 11.9. The first kappa shape index (κ1) is 14.2. The second kappa shape index (κ2) is 6.80. The fourth-order valence-corrected chi connectivity index (χ4v) is 1.49. The average Bonchev–Trinajstić information content (AvgIpc) is 2.88. The third-order valence-electron chi connectivity index (χ3n) is 2.49. The molecule has 0 aromatic carbocycles. The molecule has 1 atom stereocenters. The Balaban J connectivity index is 2.47. The van der Waals surface area contributed by atoms with Gasteiger partial charge in [0.2, 0.25) is 5.91 Å². The van der Waals surface area contributed by atoms with Crippen molar-refractivity contribution in [3.63, 3.8) is 0 Å². The van der Waals surface area contributed by atoms with Crippen LogP contribution in [0.2, 0.25) is 0 Å². The molecule has 0 radical (unpaired) electrons. The monoisotopic (exact) mass is 254 g/mol. The minimum absolute atomic E-state index is 0.0325. The zero-order valence-corrected chi connectivity index (χ0v) is 10.5. The maximum Gasteiger partial charge on any atom is 0.287 e. The number of nitrogens with zero attached hydrogens (tertiary/aromatic N) is 1. The molecule has 0 bridgehead atoms. The Morgan fingerprint density at radius 1 is 1.56 bits per heavy atom. The summed E-state index contributed by atoms with van der Waals surface area (Å²) in [5, 5.41) is 11.2. The maximum atomic E-state index is 11.9. The summed E-state index contributed by atoms with van der Waals surface area (Å²) >= 11 is 0. The lowest BCUT2D eigenvalue weighted by Crippen LogP contribution is -2.45. The fraction of sp³-hybridized carbons (Fsp3) is 0.500. The smallest absolute Gasteiger partial charge is 0.287 e. The van der Waals surface area contributed by atoms with Gasteiger partial charge in [0.05, 0.1) is 6.26 Å². The lowest BCUT2D eigenvalue weighted by molar-refractivity contribution is -0.131. The van der Waals surface area contributed by atoms with Crippen molar-refractivity contribution in [3.05, 3.63) is 24.2 Å². The summed E-state index contributed by atoms with van der Waals surface area (Å²) in [5.41, 5.74) is 0. The number of amides is 2. The molecule has 100 valence electrons. The van der Waals surface area contributed by atoms with Crippen LogP contribution < -0.4 is 5.32 Å². The zero-order chi connectivity index (χ0) is 13.5. The molecule has 1 unspecified atom stereocenters. The van der Waals surface area contributed by atoms with Crippen molar-refractivity contribution >= 4 is 11.8 Å². The number of hydrogen-bond donors (Lipinski definition) is 2. The zero-order valence-electron chi connectivity index (χ0n) is 10.5. The lowest BCUT2D eigenvalue weighted by Gasteiger charge is -2.21. The standard InChI is InChI=1S/C12H18N2O4/c1-9(12(17)14(2)6-4-7-15)13-11(16)10-5-3-8-18-10/h3,5,8-9,15H,4,6-7H2,1-2H3,(H,13,16). The van der Waals surface area contributed by atoms with Crippen LogP contribution in [-0.2, 0) is 4.79 Å². The first-order valence-corrected chi connectivity index (χ1v) is 5.76. The molecular weight excluding hydrogens is 236 g/mol. The number of carbonyl (C=O) groups is 2. The predicted octanol–water partition coefficient (Wildman–Crippen LogP) is 0.239. The third-order valence-corrected chi connectivity index (χ3v) is 2.49. The number of hydrogen-bond acceptors (Lipinski definition) is 4. The van der Waals surface area contributed by atoms with Crippen LogP contribution in [0.3, 0.4) is 0 Å². The van der Waals surface area contributed by atoms with Crippen molar-refractivity contribution in [2.45, 2.75) is 19.4 Å². The Hall–Kier alpha value is -1.82. The molecule has 0 aliphatic rings. The lowest BCUT2D eigenvalue weighted by atomic mass is 10.2. The number of carbonyl (C=O) groups excluding carboxylic acids is 2. The Bertz CT molecular complexity index is 389. The normalized spacial score (nSPS) is 11.9.